The van der Waals surface area contributed by atoms with Gasteiger partial charge in [0.1, 0.15) is 5.15 Å². The zero-order chi connectivity index (χ0) is 11.0. The van der Waals surface area contributed by atoms with Crippen LogP contribution in [0, 0.1) is 0 Å². The maximum absolute atomic E-state index is 6.00. The van der Waals surface area contributed by atoms with E-state index < -0.39 is 0 Å². The van der Waals surface area contributed by atoms with Gasteiger partial charge in [-0.25, -0.2) is 9.67 Å². The number of nitrogens with zero attached hydrogens (tertiary/aromatic N) is 3. The van der Waals surface area contributed by atoms with E-state index in [1.54, 1.807) is 12.4 Å². The van der Waals surface area contributed by atoms with Gasteiger partial charge in [-0.05, 0) is 25.3 Å². The number of hydrogen-bond donors (Lipinski definition) is 0. The number of rotatable bonds is 1. The molecule has 0 amide bonds. The van der Waals surface area contributed by atoms with E-state index in [4.69, 9.17) is 16.3 Å². The number of pyridine rings is 1. The normalized spacial score (nSPS) is 21.4. The zero-order valence-electron chi connectivity index (χ0n) is 8.77. The van der Waals surface area contributed by atoms with Crippen molar-refractivity contribution in [1.82, 2.24) is 14.8 Å². The Morgan fingerprint density at radius 3 is 3.19 bits per heavy atom. The number of hydrogen-bond acceptors (Lipinski definition) is 3. The van der Waals surface area contributed by atoms with E-state index in [0.717, 1.165) is 30.4 Å². The van der Waals surface area contributed by atoms with Crippen molar-refractivity contribution in [3.05, 3.63) is 23.6 Å². The first kappa shape index (κ1) is 10.1. The lowest BCUT2D eigenvalue weighted by Gasteiger charge is -2.23. The molecule has 3 rings (SSSR count). The highest BCUT2D eigenvalue weighted by atomic mass is 35.5. The van der Waals surface area contributed by atoms with Crippen LogP contribution >= 0.6 is 11.6 Å². The minimum atomic E-state index is 0.0460. The van der Waals surface area contributed by atoms with Crippen LogP contribution in [0.3, 0.4) is 0 Å². The lowest BCUT2D eigenvalue weighted by atomic mass is 10.2. The van der Waals surface area contributed by atoms with Gasteiger partial charge in [-0.15, -0.1) is 0 Å². The van der Waals surface area contributed by atoms with E-state index in [0.29, 0.717) is 5.15 Å². The van der Waals surface area contributed by atoms with Crippen molar-refractivity contribution in [3.8, 4) is 0 Å². The number of fused-ring (bicyclic) bond motifs is 1. The first-order chi connectivity index (χ1) is 7.86. The molecule has 0 aliphatic carbocycles. The van der Waals surface area contributed by atoms with Crippen LogP contribution in [0.4, 0.5) is 0 Å². The topological polar surface area (TPSA) is 39.9 Å². The first-order valence-corrected chi connectivity index (χ1v) is 5.83. The van der Waals surface area contributed by atoms with Crippen LogP contribution in [-0.2, 0) is 4.74 Å². The fraction of sp³-hybridized carbons (Fsp3) is 0.455. The maximum atomic E-state index is 6.00. The largest absolute Gasteiger partial charge is 0.356 e. The van der Waals surface area contributed by atoms with Crippen molar-refractivity contribution in [1.29, 1.82) is 0 Å². The SMILES string of the molecule is Clc1nccc2c1cnn2[C@@H]1CCCCO1. The monoisotopic (exact) mass is 237 g/mol. The Bertz CT molecular complexity index is 505. The third-order valence-electron chi connectivity index (χ3n) is 2.90. The van der Waals surface area contributed by atoms with Gasteiger partial charge >= 0.3 is 0 Å². The Labute approximate surface area is 98.2 Å². The minimum absolute atomic E-state index is 0.0460. The molecule has 0 radical (unpaired) electrons. The quantitative estimate of drug-likeness (QED) is 0.716. The molecule has 5 heteroatoms. The number of aromatic nitrogens is 3. The molecular weight excluding hydrogens is 226 g/mol. The minimum Gasteiger partial charge on any atom is -0.356 e. The lowest BCUT2D eigenvalue weighted by molar-refractivity contribution is -0.0366. The van der Waals surface area contributed by atoms with E-state index in [-0.39, 0.29) is 6.23 Å². The van der Waals surface area contributed by atoms with E-state index in [1.165, 1.54) is 6.42 Å². The highest BCUT2D eigenvalue weighted by molar-refractivity contribution is 6.34. The molecule has 1 saturated heterocycles. The van der Waals surface area contributed by atoms with Gasteiger partial charge in [0.05, 0.1) is 17.1 Å². The molecule has 1 fully saturated rings. The zero-order valence-corrected chi connectivity index (χ0v) is 9.52. The Balaban J connectivity index is 2.06. The van der Waals surface area contributed by atoms with Crippen LogP contribution in [0.2, 0.25) is 5.15 Å². The molecule has 0 aromatic carbocycles. The molecule has 16 heavy (non-hydrogen) atoms. The van der Waals surface area contributed by atoms with Crippen LogP contribution in [0.15, 0.2) is 18.5 Å². The van der Waals surface area contributed by atoms with Crippen LogP contribution in [0.5, 0.6) is 0 Å². The molecule has 0 bridgehead atoms. The van der Waals surface area contributed by atoms with Gasteiger partial charge in [-0.3, -0.25) is 0 Å². The molecule has 1 atom stereocenters. The van der Waals surface area contributed by atoms with Crippen molar-refractivity contribution in [2.75, 3.05) is 6.61 Å². The molecule has 84 valence electrons. The van der Waals surface area contributed by atoms with E-state index in [9.17, 15) is 0 Å². The molecule has 1 aliphatic heterocycles. The van der Waals surface area contributed by atoms with Crippen LogP contribution < -0.4 is 0 Å². The van der Waals surface area contributed by atoms with Gasteiger partial charge in [-0.1, -0.05) is 11.6 Å². The van der Waals surface area contributed by atoms with Gasteiger partial charge in [0.2, 0.25) is 0 Å². The summed E-state index contributed by atoms with van der Waals surface area (Å²) in [6.45, 7) is 0.810. The average molecular weight is 238 g/mol. The molecule has 3 heterocycles. The molecule has 2 aromatic rings. The summed E-state index contributed by atoms with van der Waals surface area (Å²) in [7, 11) is 0. The standard InChI is InChI=1S/C11H12ClN3O/c12-11-8-7-14-15(9(8)4-5-13-11)10-3-1-2-6-16-10/h4-5,7,10H,1-3,6H2/t10-/m0/s1. The van der Waals surface area contributed by atoms with Gasteiger partial charge < -0.3 is 4.74 Å². The highest BCUT2D eigenvalue weighted by Gasteiger charge is 2.18. The summed E-state index contributed by atoms with van der Waals surface area (Å²) in [5, 5.41) is 5.73. The summed E-state index contributed by atoms with van der Waals surface area (Å²) in [4.78, 5) is 4.04. The molecule has 0 saturated carbocycles. The fourth-order valence-corrected chi connectivity index (χ4v) is 2.29. The molecule has 0 unspecified atom stereocenters. The van der Waals surface area contributed by atoms with Gasteiger partial charge in [0, 0.05) is 12.8 Å². The third kappa shape index (κ3) is 1.58. The van der Waals surface area contributed by atoms with Gasteiger partial charge in [0.15, 0.2) is 6.23 Å². The third-order valence-corrected chi connectivity index (χ3v) is 3.21. The van der Waals surface area contributed by atoms with Crippen molar-refractivity contribution in [3.63, 3.8) is 0 Å². The second-order valence-corrected chi connectivity index (χ2v) is 4.30. The molecular formula is C11H12ClN3O. The Morgan fingerprint density at radius 1 is 1.44 bits per heavy atom. The summed E-state index contributed by atoms with van der Waals surface area (Å²) in [5.41, 5.74) is 0.993. The second kappa shape index (κ2) is 4.03. The van der Waals surface area contributed by atoms with Crippen LogP contribution in [0.25, 0.3) is 10.9 Å². The van der Waals surface area contributed by atoms with E-state index >= 15 is 0 Å². The molecule has 4 nitrogen and oxygen atoms in total. The predicted octanol–water partition coefficient (Wildman–Crippen LogP) is 2.78. The summed E-state index contributed by atoms with van der Waals surface area (Å²) in [6, 6.07) is 1.92. The number of halogens is 1. The summed E-state index contributed by atoms with van der Waals surface area (Å²) < 4.78 is 7.61. The average Bonchev–Trinajstić information content (AvgIpc) is 2.75. The van der Waals surface area contributed by atoms with Crippen LogP contribution in [-0.4, -0.2) is 21.4 Å². The van der Waals surface area contributed by atoms with Crippen molar-refractivity contribution < 1.29 is 4.74 Å². The Hall–Kier alpha value is -1.13. The molecule has 0 N–H and O–H groups in total. The van der Waals surface area contributed by atoms with Crippen molar-refractivity contribution in [2.24, 2.45) is 0 Å². The summed E-state index contributed by atoms with van der Waals surface area (Å²) in [5.74, 6) is 0. The second-order valence-electron chi connectivity index (χ2n) is 3.94. The van der Waals surface area contributed by atoms with Gasteiger partial charge in [0.25, 0.3) is 0 Å². The van der Waals surface area contributed by atoms with Crippen LogP contribution in [0.1, 0.15) is 25.5 Å². The van der Waals surface area contributed by atoms with Gasteiger partial charge in [-0.2, -0.15) is 5.10 Å². The highest BCUT2D eigenvalue weighted by Crippen LogP contribution is 2.27. The lowest BCUT2D eigenvalue weighted by Crippen LogP contribution is -2.18. The molecule has 0 spiro atoms. The van der Waals surface area contributed by atoms with E-state index in [2.05, 4.69) is 10.1 Å². The smallest absolute Gasteiger partial charge is 0.150 e. The van der Waals surface area contributed by atoms with Crippen molar-refractivity contribution >= 4 is 22.5 Å². The molecule has 2 aromatic heterocycles. The fourth-order valence-electron chi connectivity index (χ4n) is 2.09. The Morgan fingerprint density at radius 2 is 2.38 bits per heavy atom. The maximum Gasteiger partial charge on any atom is 0.150 e. The summed E-state index contributed by atoms with van der Waals surface area (Å²) in [6.07, 6.45) is 6.83. The molecule has 1 aliphatic rings. The number of ether oxygens (including phenoxy) is 1. The Kier molecular flexibility index (Phi) is 2.53. The predicted molar refractivity (Wildman–Crippen MR) is 61.4 cm³/mol. The summed E-state index contributed by atoms with van der Waals surface area (Å²) >= 11 is 6.00. The first-order valence-electron chi connectivity index (χ1n) is 5.45. The van der Waals surface area contributed by atoms with Crippen molar-refractivity contribution in [2.45, 2.75) is 25.5 Å². The van der Waals surface area contributed by atoms with E-state index in [1.807, 2.05) is 10.7 Å².